The van der Waals surface area contributed by atoms with Crippen molar-refractivity contribution in [3.05, 3.63) is 70.3 Å². The Labute approximate surface area is 170 Å². The fraction of sp³-hybridized carbons (Fsp3) is 0.391. The van der Waals surface area contributed by atoms with Gasteiger partial charge >= 0.3 is 0 Å². The van der Waals surface area contributed by atoms with Crippen molar-refractivity contribution in [1.29, 1.82) is 0 Å². The third kappa shape index (κ3) is 4.66. The van der Waals surface area contributed by atoms with Crippen LogP contribution < -0.4 is 5.48 Å². The van der Waals surface area contributed by atoms with Crippen molar-refractivity contribution >= 4 is 11.8 Å². The van der Waals surface area contributed by atoms with Crippen LogP contribution in [0.3, 0.4) is 0 Å². The highest BCUT2D eigenvalue weighted by atomic mass is 16.8. The number of fused-ring (bicyclic) bond motifs is 1. The molecule has 6 nitrogen and oxygen atoms in total. The van der Waals surface area contributed by atoms with Crippen LogP contribution in [-0.4, -0.2) is 36.2 Å². The topological polar surface area (TPSA) is 67.9 Å². The maximum absolute atomic E-state index is 12.8. The van der Waals surface area contributed by atoms with Gasteiger partial charge in [0, 0.05) is 37.2 Å². The number of hydrogen-bond donors (Lipinski definition) is 1. The first-order chi connectivity index (χ1) is 14.1. The van der Waals surface area contributed by atoms with Gasteiger partial charge in [-0.05, 0) is 61.6 Å². The Bertz CT molecular complexity index is 888. The predicted molar refractivity (Wildman–Crippen MR) is 108 cm³/mol. The monoisotopic (exact) mass is 394 g/mol. The van der Waals surface area contributed by atoms with Crippen LogP contribution in [0.15, 0.2) is 42.5 Å². The molecule has 2 aromatic rings. The molecule has 4 rings (SSSR count). The number of hydroxylamine groups is 1. The summed E-state index contributed by atoms with van der Waals surface area (Å²) in [6, 6.07) is 13.2. The molecule has 6 heteroatoms. The molecule has 2 aliphatic heterocycles. The Kier molecular flexibility index (Phi) is 5.92. The number of benzene rings is 2. The molecule has 2 aliphatic rings. The van der Waals surface area contributed by atoms with E-state index in [1.165, 1.54) is 5.56 Å². The van der Waals surface area contributed by atoms with Crippen LogP contribution in [0.1, 0.15) is 56.7 Å². The summed E-state index contributed by atoms with van der Waals surface area (Å²) in [5, 5.41) is 0. The summed E-state index contributed by atoms with van der Waals surface area (Å²) < 4.78 is 5.46. The highest BCUT2D eigenvalue weighted by Gasteiger charge is 2.23. The van der Waals surface area contributed by atoms with E-state index in [1.54, 1.807) is 6.07 Å². The Hall–Kier alpha value is -2.70. The van der Waals surface area contributed by atoms with Gasteiger partial charge in [-0.3, -0.25) is 9.59 Å². The predicted octanol–water partition coefficient (Wildman–Crippen LogP) is 3.38. The summed E-state index contributed by atoms with van der Waals surface area (Å²) in [6.07, 6.45) is 3.23. The largest absolute Gasteiger partial charge is 0.350 e. The van der Waals surface area contributed by atoms with Crippen LogP contribution in [-0.2, 0) is 22.5 Å². The van der Waals surface area contributed by atoms with Gasteiger partial charge in [0.2, 0.25) is 0 Å². The number of hydrogen-bond acceptors (Lipinski definition) is 4. The quantitative estimate of drug-likeness (QED) is 0.808. The number of carbonyl (C=O) groups excluding carboxylic acids is 2. The second kappa shape index (κ2) is 8.76. The molecule has 1 fully saturated rings. The first-order valence-corrected chi connectivity index (χ1v) is 10.2. The molecule has 1 N–H and O–H groups in total. The Morgan fingerprint density at radius 2 is 1.86 bits per heavy atom. The van der Waals surface area contributed by atoms with Crippen LogP contribution >= 0.6 is 0 Å². The molecule has 0 aromatic heterocycles. The molecule has 0 bridgehead atoms. The minimum absolute atomic E-state index is 0.0169. The van der Waals surface area contributed by atoms with E-state index in [0.29, 0.717) is 30.8 Å². The molecular formula is C23H26N2O4. The maximum Gasteiger partial charge on any atom is 0.274 e. The lowest BCUT2D eigenvalue weighted by molar-refractivity contribution is -0.186. The average molecular weight is 394 g/mol. The zero-order valence-corrected chi connectivity index (χ0v) is 16.6. The lowest BCUT2D eigenvalue weighted by Crippen LogP contribution is -2.36. The molecule has 0 saturated carbocycles. The standard InChI is InChI=1S/C23H26N2O4/c1-16-5-7-18(8-6-16)23(27)25-12-11-17-9-10-19(14-20(17)15-25)22(26)24-29-21-4-2-3-13-28-21/h5-10,14,21H,2-4,11-13,15H2,1H3,(H,24,26). The van der Waals surface area contributed by atoms with E-state index in [1.807, 2.05) is 48.2 Å². The number of rotatable bonds is 4. The van der Waals surface area contributed by atoms with Gasteiger partial charge < -0.3 is 9.64 Å². The SMILES string of the molecule is Cc1ccc(C(=O)N2CCc3ccc(C(=O)NOC4CCCCO4)cc3C2)cc1. The smallest absolute Gasteiger partial charge is 0.274 e. The zero-order chi connectivity index (χ0) is 20.2. The third-order valence-corrected chi connectivity index (χ3v) is 5.49. The summed E-state index contributed by atoms with van der Waals surface area (Å²) in [4.78, 5) is 32.5. The second-order valence-electron chi connectivity index (χ2n) is 7.67. The molecule has 1 saturated heterocycles. The highest BCUT2D eigenvalue weighted by Crippen LogP contribution is 2.22. The maximum atomic E-state index is 12.8. The van der Waals surface area contributed by atoms with Gasteiger partial charge in [0.05, 0.1) is 0 Å². The van der Waals surface area contributed by atoms with Crippen molar-refractivity contribution in [2.45, 2.75) is 45.4 Å². The van der Waals surface area contributed by atoms with Crippen LogP contribution in [0.4, 0.5) is 0 Å². The first kappa shape index (κ1) is 19.6. The fourth-order valence-electron chi connectivity index (χ4n) is 3.73. The normalized spacial score (nSPS) is 18.8. The number of nitrogens with zero attached hydrogens (tertiary/aromatic N) is 1. The first-order valence-electron chi connectivity index (χ1n) is 10.2. The van der Waals surface area contributed by atoms with E-state index in [2.05, 4.69) is 5.48 Å². The second-order valence-corrected chi connectivity index (χ2v) is 7.67. The molecule has 152 valence electrons. The summed E-state index contributed by atoms with van der Waals surface area (Å²) in [5.74, 6) is -0.285. The Balaban J connectivity index is 1.41. The Morgan fingerprint density at radius 1 is 1.07 bits per heavy atom. The summed E-state index contributed by atoms with van der Waals surface area (Å²) >= 11 is 0. The van der Waals surface area contributed by atoms with Crippen molar-refractivity contribution in [3.63, 3.8) is 0 Å². The summed E-state index contributed by atoms with van der Waals surface area (Å²) in [5.41, 5.74) is 7.00. The van der Waals surface area contributed by atoms with Crippen molar-refractivity contribution in [3.8, 4) is 0 Å². The minimum atomic E-state index is -0.382. The van der Waals surface area contributed by atoms with Crippen molar-refractivity contribution in [2.24, 2.45) is 0 Å². The molecule has 2 heterocycles. The fourth-order valence-corrected chi connectivity index (χ4v) is 3.73. The van der Waals surface area contributed by atoms with Crippen molar-refractivity contribution in [2.75, 3.05) is 13.2 Å². The number of amides is 2. The van der Waals surface area contributed by atoms with Gasteiger partial charge in [0.1, 0.15) is 0 Å². The number of aryl methyl sites for hydroxylation is 1. The molecule has 2 aromatic carbocycles. The van der Waals surface area contributed by atoms with E-state index < -0.39 is 0 Å². The van der Waals surface area contributed by atoms with E-state index in [-0.39, 0.29) is 18.1 Å². The van der Waals surface area contributed by atoms with Gasteiger partial charge in [0.15, 0.2) is 6.29 Å². The van der Waals surface area contributed by atoms with Gasteiger partial charge in [-0.2, -0.15) is 0 Å². The lowest BCUT2D eigenvalue weighted by Gasteiger charge is -2.29. The van der Waals surface area contributed by atoms with Crippen LogP contribution in [0.2, 0.25) is 0 Å². The van der Waals surface area contributed by atoms with E-state index >= 15 is 0 Å². The molecule has 0 radical (unpaired) electrons. The van der Waals surface area contributed by atoms with Gasteiger partial charge in [-0.1, -0.05) is 23.8 Å². The summed E-state index contributed by atoms with van der Waals surface area (Å²) in [7, 11) is 0. The molecular weight excluding hydrogens is 368 g/mol. The molecule has 0 spiro atoms. The van der Waals surface area contributed by atoms with Gasteiger partial charge in [0.25, 0.3) is 11.8 Å². The minimum Gasteiger partial charge on any atom is -0.350 e. The molecule has 2 amide bonds. The average Bonchev–Trinajstić information content (AvgIpc) is 2.77. The zero-order valence-electron chi connectivity index (χ0n) is 16.6. The van der Waals surface area contributed by atoms with Crippen molar-refractivity contribution in [1.82, 2.24) is 10.4 Å². The van der Waals surface area contributed by atoms with E-state index in [9.17, 15) is 9.59 Å². The van der Waals surface area contributed by atoms with Crippen LogP contribution in [0.25, 0.3) is 0 Å². The number of carbonyl (C=O) groups is 2. The van der Waals surface area contributed by atoms with Gasteiger partial charge in [-0.15, -0.1) is 0 Å². The highest BCUT2D eigenvalue weighted by molar-refractivity contribution is 5.95. The summed E-state index contributed by atoms with van der Waals surface area (Å²) in [6.45, 7) is 3.83. The van der Waals surface area contributed by atoms with Crippen molar-refractivity contribution < 1.29 is 19.2 Å². The van der Waals surface area contributed by atoms with E-state index in [0.717, 1.165) is 36.8 Å². The molecule has 0 aliphatic carbocycles. The Morgan fingerprint density at radius 3 is 2.62 bits per heavy atom. The van der Waals surface area contributed by atoms with Crippen LogP contribution in [0, 0.1) is 6.92 Å². The number of nitrogens with one attached hydrogen (secondary N) is 1. The third-order valence-electron chi connectivity index (χ3n) is 5.49. The molecule has 1 atom stereocenters. The number of ether oxygens (including phenoxy) is 1. The van der Waals surface area contributed by atoms with Gasteiger partial charge in [-0.25, -0.2) is 10.3 Å². The lowest BCUT2D eigenvalue weighted by atomic mass is 9.96. The van der Waals surface area contributed by atoms with E-state index in [4.69, 9.17) is 9.57 Å². The van der Waals surface area contributed by atoms with Crippen LogP contribution in [0.5, 0.6) is 0 Å². The molecule has 29 heavy (non-hydrogen) atoms. The molecule has 1 unspecified atom stereocenters.